The molecule has 0 fully saturated rings. The molecule has 0 unspecified atom stereocenters. The van der Waals surface area contributed by atoms with Gasteiger partial charge in [0, 0.05) is 40.6 Å². The van der Waals surface area contributed by atoms with Crippen LogP contribution < -0.4 is 24.8 Å². The van der Waals surface area contributed by atoms with Crippen molar-refractivity contribution in [2.24, 2.45) is 0 Å². The number of nitrogens with one attached hydrogen (secondary N) is 3. The number of aromatic amines is 1. The molecular formula is C21H20N6O5. The van der Waals surface area contributed by atoms with E-state index >= 15 is 0 Å². The molecule has 4 rings (SSSR count). The molecule has 0 amide bonds. The molecule has 0 bridgehead atoms. The monoisotopic (exact) mass is 436 g/mol. The van der Waals surface area contributed by atoms with Crippen LogP contribution in [0.2, 0.25) is 0 Å². The molecule has 3 N–H and O–H groups in total. The van der Waals surface area contributed by atoms with Gasteiger partial charge in [-0.05, 0) is 18.2 Å². The van der Waals surface area contributed by atoms with Crippen molar-refractivity contribution in [3.05, 3.63) is 58.9 Å². The van der Waals surface area contributed by atoms with Crippen LogP contribution in [0.4, 0.5) is 28.8 Å². The molecule has 4 aromatic rings. The predicted molar refractivity (Wildman–Crippen MR) is 120 cm³/mol. The summed E-state index contributed by atoms with van der Waals surface area (Å²) >= 11 is 0. The zero-order valence-corrected chi connectivity index (χ0v) is 17.5. The van der Waals surface area contributed by atoms with E-state index in [-0.39, 0.29) is 17.5 Å². The van der Waals surface area contributed by atoms with Gasteiger partial charge in [-0.1, -0.05) is 6.07 Å². The van der Waals surface area contributed by atoms with E-state index in [0.29, 0.717) is 28.6 Å². The Morgan fingerprint density at radius 2 is 1.78 bits per heavy atom. The summed E-state index contributed by atoms with van der Waals surface area (Å²) in [6.45, 7) is 0. The van der Waals surface area contributed by atoms with Crippen molar-refractivity contribution in [3.63, 3.8) is 0 Å². The van der Waals surface area contributed by atoms with Crippen LogP contribution in [0.5, 0.6) is 17.2 Å². The van der Waals surface area contributed by atoms with Crippen LogP contribution in [-0.4, -0.2) is 41.2 Å². The lowest BCUT2D eigenvalue weighted by Crippen LogP contribution is -2.05. The number of fused-ring (bicyclic) bond motifs is 1. The lowest BCUT2D eigenvalue weighted by atomic mass is 10.2. The summed E-state index contributed by atoms with van der Waals surface area (Å²) in [4.78, 5) is 22.5. The van der Waals surface area contributed by atoms with E-state index < -0.39 is 4.92 Å². The molecule has 0 aliphatic rings. The fourth-order valence-corrected chi connectivity index (χ4v) is 3.27. The molecule has 32 heavy (non-hydrogen) atoms. The second-order valence-corrected chi connectivity index (χ2v) is 6.59. The molecule has 0 aliphatic carbocycles. The second kappa shape index (κ2) is 8.68. The van der Waals surface area contributed by atoms with Crippen LogP contribution in [0.3, 0.4) is 0 Å². The van der Waals surface area contributed by atoms with Gasteiger partial charge >= 0.3 is 5.69 Å². The number of aromatic nitrogens is 3. The Morgan fingerprint density at radius 3 is 2.44 bits per heavy atom. The topological polar surface area (TPSA) is 136 Å². The molecule has 0 atom stereocenters. The van der Waals surface area contributed by atoms with E-state index in [9.17, 15) is 10.1 Å². The minimum Gasteiger partial charge on any atom is -0.493 e. The van der Waals surface area contributed by atoms with Crippen LogP contribution in [0.15, 0.2) is 48.8 Å². The molecule has 0 saturated carbocycles. The van der Waals surface area contributed by atoms with E-state index in [1.807, 2.05) is 24.3 Å². The van der Waals surface area contributed by atoms with E-state index in [2.05, 4.69) is 25.6 Å². The van der Waals surface area contributed by atoms with Crippen molar-refractivity contribution in [2.45, 2.75) is 0 Å². The quantitative estimate of drug-likeness (QED) is 0.271. The Labute approximate surface area is 182 Å². The SMILES string of the molecule is COc1cc(Nc2ncc([N+](=O)[O-])c(Nc3cccc4[nH]ccc34)n2)cc(OC)c1OC. The summed E-state index contributed by atoms with van der Waals surface area (Å²) in [6, 6.07) is 10.8. The van der Waals surface area contributed by atoms with Gasteiger partial charge < -0.3 is 29.8 Å². The largest absolute Gasteiger partial charge is 0.493 e. The minimum atomic E-state index is -0.539. The highest BCUT2D eigenvalue weighted by atomic mass is 16.6. The number of rotatable bonds is 8. The van der Waals surface area contributed by atoms with Crippen LogP contribution in [0.1, 0.15) is 0 Å². The Bertz CT molecular complexity index is 1260. The number of anilines is 4. The maximum Gasteiger partial charge on any atom is 0.329 e. The third kappa shape index (κ3) is 3.90. The number of benzene rings is 2. The highest BCUT2D eigenvalue weighted by Crippen LogP contribution is 2.40. The average molecular weight is 436 g/mol. The number of ether oxygens (including phenoxy) is 3. The summed E-state index contributed by atoms with van der Waals surface area (Å²) in [7, 11) is 4.52. The first-order valence-corrected chi connectivity index (χ1v) is 9.45. The van der Waals surface area contributed by atoms with Crippen molar-refractivity contribution >= 4 is 39.7 Å². The van der Waals surface area contributed by atoms with Crippen LogP contribution in [0.25, 0.3) is 10.9 Å². The Morgan fingerprint density at radius 1 is 1.03 bits per heavy atom. The fraction of sp³-hybridized carbons (Fsp3) is 0.143. The zero-order valence-electron chi connectivity index (χ0n) is 17.5. The molecule has 164 valence electrons. The summed E-state index contributed by atoms with van der Waals surface area (Å²) in [5, 5.41) is 18.5. The van der Waals surface area contributed by atoms with Gasteiger partial charge in [-0.25, -0.2) is 4.98 Å². The number of H-pyrrole nitrogens is 1. The highest BCUT2D eigenvalue weighted by Gasteiger charge is 2.20. The van der Waals surface area contributed by atoms with Crippen molar-refractivity contribution in [2.75, 3.05) is 32.0 Å². The molecule has 2 aromatic carbocycles. The first-order chi connectivity index (χ1) is 15.5. The van der Waals surface area contributed by atoms with Gasteiger partial charge in [0.05, 0.1) is 26.3 Å². The molecule has 2 aromatic heterocycles. The van der Waals surface area contributed by atoms with Crippen molar-refractivity contribution < 1.29 is 19.1 Å². The molecule has 0 aliphatic heterocycles. The first-order valence-electron chi connectivity index (χ1n) is 9.45. The Hall–Kier alpha value is -4.54. The lowest BCUT2D eigenvalue weighted by molar-refractivity contribution is -0.384. The third-order valence-electron chi connectivity index (χ3n) is 4.74. The lowest BCUT2D eigenvalue weighted by Gasteiger charge is -2.15. The van der Waals surface area contributed by atoms with E-state index in [1.165, 1.54) is 21.3 Å². The Kier molecular flexibility index (Phi) is 5.62. The molecule has 0 saturated heterocycles. The molecule has 2 heterocycles. The number of hydrogen-bond donors (Lipinski definition) is 3. The predicted octanol–water partition coefficient (Wildman–Crippen LogP) is 4.38. The van der Waals surface area contributed by atoms with E-state index in [4.69, 9.17) is 14.2 Å². The number of hydrogen-bond acceptors (Lipinski definition) is 9. The van der Waals surface area contributed by atoms with E-state index in [0.717, 1.165) is 17.1 Å². The molecule has 11 nitrogen and oxygen atoms in total. The van der Waals surface area contributed by atoms with Gasteiger partial charge in [0.25, 0.3) is 0 Å². The summed E-state index contributed by atoms with van der Waals surface area (Å²) in [5.41, 5.74) is 1.85. The van der Waals surface area contributed by atoms with Gasteiger partial charge in [0.15, 0.2) is 11.5 Å². The van der Waals surface area contributed by atoms with Gasteiger partial charge in [-0.15, -0.1) is 0 Å². The maximum atomic E-state index is 11.5. The second-order valence-electron chi connectivity index (χ2n) is 6.59. The van der Waals surface area contributed by atoms with E-state index in [1.54, 1.807) is 18.3 Å². The van der Waals surface area contributed by atoms with Crippen LogP contribution in [0, 0.1) is 10.1 Å². The number of methoxy groups -OCH3 is 3. The van der Waals surface area contributed by atoms with Gasteiger partial charge in [-0.2, -0.15) is 4.98 Å². The molecular weight excluding hydrogens is 416 g/mol. The highest BCUT2D eigenvalue weighted by molar-refractivity contribution is 5.94. The third-order valence-corrected chi connectivity index (χ3v) is 4.74. The van der Waals surface area contributed by atoms with Crippen molar-refractivity contribution in [1.29, 1.82) is 0 Å². The minimum absolute atomic E-state index is 0.0497. The standard InChI is InChI=1S/C21H20N6O5/c1-30-17-9-12(10-18(31-2)19(17)32-3)24-21-23-11-16(27(28)29)20(26-21)25-15-6-4-5-14-13(15)7-8-22-14/h4-11,22H,1-3H3,(H2,23,24,25,26). The van der Waals surface area contributed by atoms with Gasteiger partial charge in [0.2, 0.25) is 17.5 Å². The fourth-order valence-electron chi connectivity index (χ4n) is 3.27. The zero-order chi connectivity index (χ0) is 22.7. The van der Waals surface area contributed by atoms with Crippen molar-refractivity contribution in [3.8, 4) is 17.2 Å². The van der Waals surface area contributed by atoms with Crippen LogP contribution >= 0.6 is 0 Å². The van der Waals surface area contributed by atoms with Crippen molar-refractivity contribution in [1.82, 2.24) is 15.0 Å². The van der Waals surface area contributed by atoms with Crippen LogP contribution in [-0.2, 0) is 0 Å². The summed E-state index contributed by atoms with van der Waals surface area (Å²) in [6.07, 6.45) is 2.94. The molecule has 0 spiro atoms. The Balaban J connectivity index is 1.71. The molecule has 0 radical (unpaired) electrons. The maximum absolute atomic E-state index is 11.5. The number of nitro groups is 1. The first kappa shape index (κ1) is 20.7. The van der Waals surface area contributed by atoms with Gasteiger partial charge in [0.1, 0.15) is 6.20 Å². The molecule has 11 heteroatoms. The smallest absolute Gasteiger partial charge is 0.329 e. The summed E-state index contributed by atoms with van der Waals surface area (Å²) < 4.78 is 16.0. The summed E-state index contributed by atoms with van der Waals surface area (Å²) in [5.74, 6) is 1.51. The van der Waals surface area contributed by atoms with Gasteiger partial charge in [-0.3, -0.25) is 10.1 Å². The normalized spacial score (nSPS) is 10.6. The number of nitrogens with zero attached hydrogens (tertiary/aromatic N) is 3. The average Bonchev–Trinajstić information content (AvgIpc) is 3.28.